The summed E-state index contributed by atoms with van der Waals surface area (Å²) in [5, 5.41) is 9.06. The Kier molecular flexibility index (Phi) is 6.28. The summed E-state index contributed by atoms with van der Waals surface area (Å²) in [4.78, 5) is 31.1. The van der Waals surface area contributed by atoms with Crippen LogP contribution in [0.15, 0.2) is 41.9 Å². The minimum Gasteiger partial charge on any atom is -0.349 e. The van der Waals surface area contributed by atoms with E-state index in [-0.39, 0.29) is 17.9 Å². The highest BCUT2D eigenvalue weighted by molar-refractivity contribution is 7.22. The molecule has 29 heavy (non-hydrogen) atoms. The van der Waals surface area contributed by atoms with Crippen molar-refractivity contribution in [1.82, 2.24) is 10.3 Å². The number of aromatic nitrogens is 1. The fraction of sp³-hybridized carbons (Fsp3) is 0.286. The van der Waals surface area contributed by atoms with E-state index in [1.807, 2.05) is 17.5 Å². The SMILES string of the molecule is O=C(Nc1ccc(Cl)c(C(=O)NC2CCCCC2)c1)c1cnc(-c2cccs2)s1. The molecule has 4 rings (SSSR count). The van der Waals surface area contributed by atoms with E-state index in [9.17, 15) is 9.59 Å². The molecular weight excluding hydrogens is 426 g/mol. The van der Waals surface area contributed by atoms with E-state index in [2.05, 4.69) is 15.6 Å². The molecule has 0 aliphatic heterocycles. The van der Waals surface area contributed by atoms with Crippen molar-refractivity contribution in [2.75, 3.05) is 5.32 Å². The number of amides is 2. The molecule has 0 bridgehead atoms. The lowest BCUT2D eigenvalue weighted by Crippen LogP contribution is -2.36. The lowest BCUT2D eigenvalue weighted by Gasteiger charge is -2.23. The number of rotatable bonds is 5. The average molecular weight is 446 g/mol. The van der Waals surface area contributed by atoms with Crippen LogP contribution in [-0.2, 0) is 0 Å². The van der Waals surface area contributed by atoms with Crippen LogP contribution in [0.4, 0.5) is 5.69 Å². The summed E-state index contributed by atoms with van der Waals surface area (Å²) in [7, 11) is 0. The Hall–Kier alpha value is -2.22. The van der Waals surface area contributed by atoms with Gasteiger partial charge in [-0.05, 0) is 42.5 Å². The Morgan fingerprint density at radius 1 is 1.10 bits per heavy atom. The van der Waals surface area contributed by atoms with Crippen molar-refractivity contribution in [1.29, 1.82) is 0 Å². The van der Waals surface area contributed by atoms with Crippen LogP contribution in [-0.4, -0.2) is 22.8 Å². The number of nitrogens with zero attached hydrogens (tertiary/aromatic N) is 1. The maximum Gasteiger partial charge on any atom is 0.267 e. The molecule has 2 N–H and O–H groups in total. The van der Waals surface area contributed by atoms with Crippen LogP contribution in [0, 0.1) is 0 Å². The number of benzene rings is 1. The van der Waals surface area contributed by atoms with Gasteiger partial charge in [0, 0.05) is 11.7 Å². The van der Waals surface area contributed by atoms with E-state index in [0.717, 1.165) is 35.6 Å². The van der Waals surface area contributed by atoms with Gasteiger partial charge >= 0.3 is 0 Å². The molecule has 1 aliphatic rings. The van der Waals surface area contributed by atoms with Gasteiger partial charge in [0.2, 0.25) is 0 Å². The van der Waals surface area contributed by atoms with E-state index < -0.39 is 0 Å². The molecule has 1 aliphatic carbocycles. The van der Waals surface area contributed by atoms with Gasteiger partial charge in [-0.15, -0.1) is 22.7 Å². The molecule has 2 heterocycles. The molecule has 1 fully saturated rings. The Morgan fingerprint density at radius 3 is 2.69 bits per heavy atom. The van der Waals surface area contributed by atoms with Crippen LogP contribution in [0.1, 0.15) is 52.1 Å². The van der Waals surface area contributed by atoms with E-state index in [0.29, 0.717) is 21.2 Å². The van der Waals surface area contributed by atoms with Gasteiger partial charge in [-0.3, -0.25) is 9.59 Å². The molecule has 0 atom stereocenters. The number of hydrogen-bond donors (Lipinski definition) is 2. The van der Waals surface area contributed by atoms with Crippen LogP contribution in [0.2, 0.25) is 5.02 Å². The molecule has 3 aromatic rings. The van der Waals surface area contributed by atoms with Gasteiger partial charge < -0.3 is 10.6 Å². The van der Waals surface area contributed by atoms with Crippen molar-refractivity contribution in [3.63, 3.8) is 0 Å². The number of hydrogen-bond acceptors (Lipinski definition) is 5. The van der Waals surface area contributed by atoms with Crippen LogP contribution in [0.25, 0.3) is 9.88 Å². The zero-order valence-electron chi connectivity index (χ0n) is 15.6. The Bertz CT molecular complexity index is 1010. The van der Waals surface area contributed by atoms with E-state index in [1.165, 1.54) is 17.8 Å². The standard InChI is InChI=1S/C21H20ClN3O2S2/c22-16-9-8-14(11-15(16)19(26)24-13-5-2-1-3-6-13)25-20(27)18-12-23-21(29-18)17-7-4-10-28-17/h4,7-13H,1-3,5-6H2,(H,24,26)(H,25,27). The predicted molar refractivity (Wildman–Crippen MR) is 119 cm³/mol. The van der Waals surface area contributed by atoms with Crippen molar-refractivity contribution in [3.8, 4) is 9.88 Å². The maximum absolute atomic E-state index is 12.7. The second-order valence-electron chi connectivity index (χ2n) is 6.96. The Balaban J connectivity index is 1.45. The lowest BCUT2D eigenvalue weighted by molar-refractivity contribution is 0.0927. The van der Waals surface area contributed by atoms with Crippen molar-refractivity contribution in [2.45, 2.75) is 38.1 Å². The number of thiazole rings is 1. The quantitative estimate of drug-likeness (QED) is 0.518. The van der Waals surface area contributed by atoms with Gasteiger partial charge in [0.15, 0.2) is 0 Å². The zero-order chi connectivity index (χ0) is 20.2. The number of thiophene rings is 1. The fourth-order valence-electron chi connectivity index (χ4n) is 3.37. The van der Waals surface area contributed by atoms with Crippen LogP contribution in [0.5, 0.6) is 0 Å². The van der Waals surface area contributed by atoms with Gasteiger partial charge in [0.05, 0.1) is 21.7 Å². The summed E-state index contributed by atoms with van der Waals surface area (Å²) >= 11 is 9.16. The Labute approximate surface area is 182 Å². The van der Waals surface area contributed by atoms with E-state index in [1.54, 1.807) is 35.7 Å². The molecule has 5 nitrogen and oxygen atoms in total. The maximum atomic E-state index is 12.7. The third-order valence-corrected chi connectivity index (χ3v) is 7.24. The highest BCUT2D eigenvalue weighted by atomic mass is 35.5. The normalized spacial score (nSPS) is 14.5. The van der Waals surface area contributed by atoms with Gasteiger partial charge in [-0.1, -0.05) is 36.9 Å². The molecule has 0 unspecified atom stereocenters. The molecule has 1 aromatic carbocycles. The van der Waals surface area contributed by atoms with Crippen LogP contribution < -0.4 is 10.6 Å². The van der Waals surface area contributed by atoms with Gasteiger partial charge in [-0.25, -0.2) is 4.98 Å². The summed E-state index contributed by atoms with van der Waals surface area (Å²) in [5.41, 5.74) is 0.901. The lowest BCUT2D eigenvalue weighted by atomic mass is 9.95. The summed E-state index contributed by atoms with van der Waals surface area (Å²) < 4.78 is 0. The van der Waals surface area contributed by atoms with Crippen LogP contribution >= 0.6 is 34.3 Å². The van der Waals surface area contributed by atoms with Gasteiger partial charge in [0.25, 0.3) is 11.8 Å². The topological polar surface area (TPSA) is 71.1 Å². The monoisotopic (exact) mass is 445 g/mol. The fourth-order valence-corrected chi connectivity index (χ4v) is 5.19. The van der Waals surface area contributed by atoms with Crippen molar-refractivity contribution >= 4 is 51.8 Å². The molecule has 0 radical (unpaired) electrons. The van der Waals surface area contributed by atoms with Crippen molar-refractivity contribution in [3.05, 3.63) is 57.4 Å². The van der Waals surface area contributed by atoms with Crippen molar-refractivity contribution < 1.29 is 9.59 Å². The van der Waals surface area contributed by atoms with E-state index in [4.69, 9.17) is 11.6 Å². The highest BCUT2D eigenvalue weighted by Crippen LogP contribution is 2.29. The third kappa shape index (κ3) is 4.86. The predicted octanol–water partition coefficient (Wildman–Crippen LogP) is 5.84. The first-order valence-corrected chi connectivity index (χ1v) is 11.6. The first-order chi connectivity index (χ1) is 14.1. The van der Waals surface area contributed by atoms with Gasteiger partial charge in [-0.2, -0.15) is 0 Å². The minimum absolute atomic E-state index is 0.193. The average Bonchev–Trinajstić information content (AvgIpc) is 3.42. The number of nitrogens with one attached hydrogen (secondary N) is 2. The molecule has 8 heteroatoms. The third-order valence-electron chi connectivity index (χ3n) is 4.87. The minimum atomic E-state index is -0.258. The smallest absolute Gasteiger partial charge is 0.267 e. The highest BCUT2D eigenvalue weighted by Gasteiger charge is 2.19. The summed E-state index contributed by atoms with van der Waals surface area (Å²) in [6, 6.07) is 9.07. The second-order valence-corrected chi connectivity index (χ2v) is 9.35. The number of carbonyl (C=O) groups excluding carboxylic acids is 2. The Morgan fingerprint density at radius 2 is 1.93 bits per heavy atom. The van der Waals surface area contributed by atoms with Crippen molar-refractivity contribution in [2.24, 2.45) is 0 Å². The zero-order valence-corrected chi connectivity index (χ0v) is 18.0. The molecule has 2 aromatic heterocycles. The number of anilines is 1. The van der Waals surface area contributed by atoms with Gasteiger partial charge in [0.1, 0.15) is 9.88 Å². The molecule has 1 saturated carbocycles. The summed E-state index contributed by atoms with van der Waals surface area (Å²) in [5.74, 6) is -0.456. The molecular formula is C21H20ClN3O2S2. The summed E-state index contributed by atoms with van der Waals surface area (Å²) in [6.07, 6.45) is 7.06. The first-order valence-electron chi connectivity index (χ1n) is 9.51. The number of carbonyl (C=O) groups is 2. The molecule has 2 amide bonds. The molecule has 0 spiro atoms. The molecule has 0 saturated heterocycles. The van der Waals surface area contributed by atoms with E-state index >= 15 is 0 Å². The summed E-state index contributed by atoms with van der Waals surface area (Å²) in [6.45, 7) is 0. The molecule has 150 valence electrons. The largest absolute Gasteiger partial charge is 0.349 e. The first kappa shape index (κ1) is 20.1. The van der Waals surface area contributed by atoms with Crippen LogP contribution in [0.3, 0.4) is 0 Å². The second kappa shape index (κ2) is 9.07. The number of halogens is 1.